The van der Waals surface area contributed by atoms with E-state index in [1.54, 1.807) is 11.3 Å². The van der Waals surface area contributed by atoms with Crippen molar-refractivity contribution in [2.24, 2.45) is 5.41 Å². The zero-order chi connectivity index (χ0) is 10.6. The number of halogens is 1. The zero-order valence-electron chi connectivity index (χ0n) is 8.72. The van der Waals surface area contributed by atoms with Gasteiger partial charge in [0.15, 0.2) is 0 Å². The predicted octanol–water partition coefficient (Wildman–Crippen LogP) is 3.97. The summed E-state index contributed by atoms with van der Waals surface area (Å²) in [5.74, 6) is 0. The fraction of sp³-hybridized carbons (Fsp3) is 0.545. The van der Waals surface area contributed by atoms with Gasteiger partial charge in [-0.15, -0.1) is 17.9 Å². The average molecular weight is 274 g/mol. The van der Waals surface area contributed by atoms with E-state index in [9.17, 15) is 0 Å². The Morgan fingerprint density at radius 3 is 2.86 bits per heavy atom. The van der Waals surface area contributed by atoms with E-state index in [0.29, 0.717) is 0 Å². The highest BCUT2D eigenvalue weighted by Gasteiger charge is 2.18. The molecule has 0 aliphatic heterocycles. The third kappa shape index (κ3) is 2.92. The van der Waals surface area contributed by atoms with E-state index in [-0.39, 0.29) is 5.41 Å². The quantitative estimate of drug-likeness (QED) is 0.584. The first-order chi connectivity index (χ1) is 6.61. The zero-order valence-corrected chi connectivity index (χ0v) is 11.1. The van der Waals surface area contributed by atoms with Crippen molar-refractivity contribution in [1.29, 1.82) is 0 Å². The van der Waals surface area contributed by atoms with Gasteiger partial charge in [0.2, 0.25) is 0 Å². The number of hydrogen-bond acceptors (Lipinski definition) is 2. The van der Waals surface area contributed by atoms with Crippen LogP contribution in [0.5, 0.6) is 0 Å². The summed E-state index contributed by atoms with van der Waals surface area (Å²) >= 11 is 5.28. The fourth-order valence-electron chi connectivity index (χ4n) is 1.19. The smallest absolute Gasteiger partial charge is 0.0797 e. The lowest BCUT2D eigenvalue weighted by atomic mass is 9.88. The van der Waals surface area contributed by atoms with Crippen LogP contribution in [-0.4, -0.2) is 10.3 Å². The van der Waals surface area contributed by atoms with Crippen LogP contribution in [0.2, 0.25) is 0 Å². The molecule has 0 saturated heterocycles. The lowest BCUT2D eigenvalue weighted by Crippen LogP contribution is -2.15. The topological polar surface area (TPSA) is 12.9 Å². The minimum atomic E-state index is 0.205. The second-order valence-corrected chi connectivity index (χ2v) is 5.35. The molecule has 3 heteroatoms. The van der Waals surface area contributed by atoms with Crippen molar-refractivity contribution in [3.63, 3.8) is 0 Å². The van der Waals surface area contributed by atoms with Gasteiger partial charge in [0.1, 0.15) is 0 Å². The minimum Gasteiger partial charge on any atom is -0.250 e. The van der Waals surface area contributed by atoms with Crippen LogP contribution in [0.3, 0.4) is 0 Å². The summed E-state index contributed by atoms with van der Waals surface area (Å²) in [5, 5.41) is 0.974. The maximum atomic E-state index is 4.25. The Balaban J connectivity index is 2.56. The van der Waals surface area contributed by atoms with E-state index in [4.69, 9.17) is 0 Å². The molecule has 0 aliphatic rings. The molecule has 0 N–H and O–H groups in total. The van der Waals surface area contributed by atoms with Gasteiger partial charge in [0.25, 0.3) is 0 Å². The molecule has 1 aromatic heterocycles. The molecular formula is C11H16BrNS. The van der Waals surface area contributed by atoms with Gasteiger partial charge in [-0.1, -0.05) is 28.9 Å². The molecule has 14 heavy (non-hydrogen) atoms. The maximum Gasteiger partial charge on any atom is 0.0797 e. The molecule has 0 amide bonds. The number of thiazole rings is 1. The summed E-state index contributed by atoms with van der Waals surface area (Å²) in [6.07, 6.45) is 4.27. The summed E-state index contributed by atoms with van der Waals surface area (Å²) in [7, 11) is 0. The molecule has 78 valence electrons. The average Bonchev–Trinajstić information content (AvgIpc) is 2.61. The lowest BCUT2D eigenvalue weighted by molar-refractivity contribution is 0.453. The van der Waals surface area contributed by atoms with Crippen molar-refractivity contribution >= 4 is 27.3 Å². The molecule has 0 saturated carbocycles. The predicted molar refractivity (Wildman–Crippen MR) is 67.3 cm³/mol. The van der Waals surface area contributed by atoms with Crippen molar-refractivity contribution in [2.45, 2.75) is 26.7 Å². The first kappa shape index (κ1) is 11.9. The van der Waals surface area contributed by atoms with E-state index in [1.165, 1.54) is 10.6 Å². The van der Waals surface area contributed by atoms with E-state index < -0.39 is 0 Å². The molecule has 1 aromatic rings. The molecule has 1 unspecified atom stereocenters. The molecule has 1 nitrogen and oxygen atoms in total. The Morgan fingerprint density at radius 1 is 1.71 bits per heavy atom. The van der Waals surface area contributed by atoms with Crippen LogP contribution in [0.1, 0.15) is 23.9 Å². The Labute approximate surface area is 98.4 Å². The van der Waals surface area contributed by atoms with Crippen molar-refractivity contribution in [1.82, 2.24) is 4.98 Å². The number of allylic oxidation sites excluding steroid dienone is 1. The van der Waals surface area contributed by atoms with Crippen molar-refractivity contribution in [3.8, 4) is 0 Å². The van der Waals surface area contributed by atoms with Crippen LogP contribution in [0.25, 0.3) is 0 Å². The first-order valence-electron chi connectivity index (χ1n) is 4.70. The highest BCUT2D eigenvalue weighted by Crippen LogP contribution is 2.28. The van der Waals surface area contributed by atoms with Gasteiger partial charge < -0.3 is 0 Å². The van der Waals surface area contributed by atoms with Gasteiger partial charge in [0.05, 0.1) is 11.2 Å². The van der Waals surface area contributed by atoms with Gasteiger partial charge in [-0.2, -0.15) is 0 Å². The summed E-state index contributed by atoms with van der Waals surface area (Å²) in [6.45, 7) is 8.19. The van der Waals surface area contributed by atoms with Gasteiger partial charge in [-0.05, 0) is 25.2 Å². The van der Waals surface area contributed by atoms with Gasteiger partial charge in [0, 0.05) is 10.2 Å². The van der Waals surface area contributed by atoms with Crippen LogP contribution >= 0.6 is 27.3 Å². The SMILES string of the molecule is C=CC(C)(CBr)CCc1scnc1C. The minimum absolute atomic E-state index is 0.205. The molecule has 0 spiro atoms. The molecule has 1 heterocycles. The summed E-state index contributed by atoms with van der Waals surface area (Å²) in [5.41, 5.74) is 3.30. The third-order valence-corrected chi connectivity index (χ3v) is 4.84. The highest BCUT2D eigenvalue weighted by atomic mass is 79.9. The Hall–Kier alpha value is -0.150. The van der Waals surface area contributed by atoms with Crippen LogP contribution in [0, 0.1) is 12.3 Å². The molecule has 0 bridgehead atoms. The summed E-state index contributed by atoms with van der Waals surface area (Å²) < 4.78 is 0. The van der Waals surface area contributed by atoms with E-state index in [0.717, 1.165) is 18.2 Å². The maximum absolute atomic E-state index is 4.25. The Morgan fingerprint density at radius 2 is 2.43 bits per heavy atom. The van der Waals surface area contributed by atoms with E-state index >= 15 is 0 Å². The highest BCUT2D eigenvalue weighted by molar-refractivity contribution is 9.09. The summed E-state index contributed by atoms with van der Waals surface area (Å²) in [4.78, 5) is 5.65. The monoisotopic (exact) mass is 273 g/mol. The largest absolute Gasteiger partial charge is 0.250 e. The second-order valence-electron chi connectivity index (χ2n) is 3.85. The number of nitrogens with zero attached hydrogens (tertiary/aromatic N) is 1. The molecular weight excluding hydrogens is 258 g/mol. The van der Waals surface area contributed by atoms with Gasteiger partial charge >= 0.3 is 0 Å². The van der Waals surface area contributed by atoms with Crippen LogP contribution in [0.4, 0.5) is 0 Å². The molecule has 1 atom stereocenters. The van der Waals surface area contributed by atoms with Crippen LogP contribution in [0.15, 0.2) is 18.2 Å². The number of rotatable bonds is 5. The van der Waals surface area contributed by atoms with Crippen molar-refractivity contribution in [2.75, 3.05) is 5.33 Å². The number of aromatic nitrogens is 1. The number of alkyl halides is 1. The fourth-order valence-corrected chi connectivity index (χ4v) is 2.48. The van der Waals surface area contributed by atoms with Crippen LogP contribution in [-0.2, 0) is 6.42 Å². The summed E-state index contributed by atoms with van der Waals surface area (Å²) in [6, 6.07) is 0. The molecule has 0 radical (unpaired) electrons. The van der Waals surface area contributed by atoms with E-state index in [2.05, 4.69) is 41.3 Å². The van der Waals surface area contributed by atoms with Gasteiger partial charge in [-0.3, -0.25) is 0 Å². The normalized spacial score (nSPS) is 15.1. The number of aryl methyl sites for hydroxylation is 2. The van der Waals surface area contributed by atoms with Crippen LogP contribution < -0.4 is 0 Å². The molecule has 0 fully saturated rings. The van der Waals surface area contributed by atoms with Crippen molar-refractivity contribution in [3.05, 3.63) is 28.7 Å². The Bertz CT molecular complexity index is 308. The van der Waals surface area contributed by atoms with E-state index in [1.807, 2.05) is 11.6 Å². The standard InChI is InChI=1S/C11H16BrNS/c1-4-11(3,7-12)6-5-10-9(2)13-8-14-10/h4,8H,1,5-7H2,2-3H3. The van der Waals surface area contributed by atoms with Gasteiger partial charge in [-0.25, -0.2) is 4.98 Å². The Kier molecular flexibility index (Phi) is 4.32. The molecule has 0 aliphatic carbocycles. The molecule has 1 rings (SSSR count). The van der Waals surface area contributed by atoms with Crippen molar-refractivity contribution < 1.29 is 0 Å². The lowest BCUT2D eigenvalue weighted by Gasteiger charge is -2.22. The third-order valence-electron chi connectivity index (χ3n) is 2.57. The first-order valence-corrected chi connectivity index (χ1v) is 6.70. The number of hydrogen-bond donors (Lipinski definition) is 0. The molecule has 0 aromatic carbocycles. The second kappa shape index (κ2) is 5.08.